The number of carbonyl (C=O) groups is 1. The van der Waals surface area contributed by atoms with Crippen LogP contribution in [0.15, 0.2) is 48.1 Å². The third-order valence-corrected chi connectivity index (χ3v) is 4.33. The average Bonchev–Trinajstić information content (AvgIpc) is 2.30. The second kappa shape index (κ2) is 4.64. The van der Waals surface area contributed by atoms with Gasteiger partial charge in [0, 0.05) is 0 Å². The van der Waals surface area contributed by atoms with Crippen LogP contribution in [0.1, 0.15) is 18.9 Å². The minimum atomic E-state index is -0.849. The lowest BCUT2D eigenvalue weighted by Crippen LogP contribution is -2.34. The van der Waals surface area contributed by atoms with E-state index >= 15 is 0 Å². The number of aliphatic carboxylic acids is 1. The highest BCUT2D eigenvalue weighted by atomic mass is 127. The Kier molecular flexibility index (Phi) is 3.38. The monoisotopic (exact) mass is 340 g/mol. The first-order valence-corrected chi connectivity index (χ1v) is 6.47. The van der Waals surface area contributed by atoms with E-state index in [1.807, 2.05) is 49.4 Å². The van der Waals surface area contributed by atoms with Crippen LogP contribution in [-0.4, -0.2) is 14.5 Å². The fourth-order valence-corrected chi connectivity index (χ4v) is 3.12. The van der Waals surface area contributed by atoms with Gasteiger partial charge in [0.15, 0.2) is 0 Å². The zero-order valence-electron chi connectivity index (χ0n) is 9.48. The molecule has 0 saturated heterocycles. The molecule has 88 valence electrons. The van der Waals surface area contributed by atoms with Gasteiger partial charge in [-0.05, 0) is 24.5 Å². The van der Waals surface area contributed by atoms with Crippen molar-refractivity contribution in [1.82, 2.24) is 0 Å². The van der Waals surface area contributed by atoms with E-state index in [0.29, 0.717) is 6.42 Å². The van der Waals surface area contributed by atoms with Gasteiger partial charge in [0.2, 0.25) is 0 Å². The van der Waals surface area contributed by atoms with Crippen LogP contribution in [0.2, 0.25) is 0 Å². The SMILES string of the molecule is CC1=CC=C(c2ccccc2)C(I)(C(=O)O)C1. The first-order chi connectivity index (χ1) is 8.04. The molecule has 0 amide bonds. The molecule has 2 nitrogen and oxygen atoms in total. The summed E-state index contributed by atoms with van der Waals surface area (Å²) in [7, 11) is 0. The Morgan fingerprint density at radius 1 is 1.29 bits per heavy atom. The maximum atomic E-state index is 11.5. The van der Waals surface area contributed by atoms with Gasteiger partial charge in [-0.15, -0.1) is 0 Å². The molecule has 0 saturated carbocycles. The highest BCUT2D eigenvalue weighted by Gasteiger charge is 2.41. The van der Waals surface area contributed by atoms with Gasteiger partial charge in [-0.25, -0.2) is 0 Å². The molecule has 1 atom stereocenters. The molecule has 0 aromatic heterocycles. The molecule has 2 rings (SSSR count). The Bertz CT molecular complexity index is 502. The number of carboxylic acids is 1. The summed E-state index contributed by atoms with van der Waals surface area (Å²) in [6.45, 7) is 1.97. The van der Waals surface area contributed by atoms with Crippen molar-refractivity contribution in [2.45, 2.75) is 16.8 Å². The number of allylic oxidation sites excluding steroid dienone is 3. The minimum Gasteiger partial charge on any atom is -0.480 e. The quantitative estimate of drug-likeness (QED) is 0.659. The van der Waals surface area contributed by atoms with Gasteiger partial charge in [0.1, 0.15) is 3.42 Å². The van der Waals surface area contributed by atoms with E-state index in [1.54, 1.807) is 0 Å². The third kappa shape index (κ3) is 2.29. The van der Waals surface area contributed by atoms with E-state index in [4.69, 9.17) is 0 Å². The lowest BCUT2D eigenvalue weighted by atomic mass is 9.84. The van der Waals surface area contributed by atoms with E-state index < -0.39 is 9.39 Å². The lowest BCUT2D eigenvalue weighted by molar-refractivity contribution is -0.137. The molecular formula is C14H13IO2. The van der Waals surface area contributed by atoms with Crippen LogP contribution in [0, 0.1) is 0 Å². The zero-order valence-corrected chi connectivity index (χ0v) is 11.6. The fourth-order valence-electron chi connectivity index (χ4n) is 2.03. The summed E-state index contributed by atoms with van der Waals surface area (Å²) in [6.07, 6.45) is 4.49. The van der Waals surface area contributed by atoms with Gasteiger partial charge in [-0.3, -0.25) is 4.79 Å². The molecule has 17 heavy (non-hydrogen) atoms. The maximum absolute atomic E-state index is 11.5. The summed E-state index contributed by atoms with van der Waals surface area (Å²) < 4.78 is -0.849. The number of hydrogen-bond acceptors (Lipinski definition) is 1. The summed E-state index contributed by atoms with van der Waals surface area (Å²) in [6, 6.07) is 9.71. The van der Waals surface area contributed by atoms with Crippen LogP contribution in [-0.2, 0) is 4.79 Å². The molecule has 1 aliphatic carbocycles. The molecular weight excluding hydrogens is 327 g/mol. The summed E-state index contributed by atoms with van der Waals surface area (Å²) in [4.78, 5) is 11.5. The van der Waals surface area contributed by atoms with Crippen molar-refractivity contribution >= 4 is 34.1 Å². The van der Waals surface area contributed by atoms with E-state index in [9.17, 15) is 9.90 Å². The van der Waals surface area contributed by atoms with Gasteiger partial charge < -0.3 is 5.11 Å². The minimum absolute atomic E-state index is 0.559. The first kappa shape index (κ1) is 12.4. The molecule has 0 heterocycles. The number of rotatable bonds is 2. The van der Waals surface area contributed by atoms with Gasteiger partial charge in [0.05, 0.1) is 0 Å². The van der Waals surface area contributed by atoms with Crippen molar-refractivity contribution in [2.75, 3.05) is 0 Å². The zero-order chi connectivity index (χ0) is 12.5. The molecule has 3 heteroatoms. The van der Waals surface area contributed by atoms with Crippen molar-refractivity contribution in [1.29, 1.82) is 0 Å². The highest BCUT2D eigenvalue weighted by molar-refractivity contribution is 14.1. The molecule has 0 fully saturated rings. The number of carboxylic acid groups (broad SMARTS) is 1. The number of hydrogen-bond donors (Lipinski definition) is 1. The summed E-state index contributed by atoms with van der Waals surface area (Å²) >= 11 is 2.05. The Morgan fingerprint density at radius 3 is 2.53 bits per heavy atom. The average molecular weight is 340 g/mol. The molecule has 1 aliphatic rings. The van der Waals surface area contributed by atoms with Crippen LogP contribution < -0.4 is 0 Å². The third-order valence-electron chi connectivity index (χ3n) is 2.91. The Morgan fingerprint density at radius 2 is 1.94 bits per heavy atom. The van der Waals surface area contributed by atoms with Gasteiger partial charge in [-0.2, -0.15) is 0 Å². The predicted octanol–water partition coefficient (Wildman–Crippen LogP) is 3.68. The van der Waals surface area contributed by atoms with Crippen LogP contribution in [0.5, 0.6) is 0 Å². The Balaban J connectivity index is 2.53. The van der Waals surface area contributed by atoms with Crippen LogP contribution in [0.25, 0.3) is 5.57 Å². The summed E-state index contributed by atoms with van der Waals surface area (Å²) in [5, 5.41) is 9.47. The molecule has 1 aromatic rings. The second-order valence-electron chi connectivity index (χ2n) is 4.24. The van der Waals surface area contributed by atoms with Crippen LogP contribution >= 0.6 is 22.6 Å². The van der Waals surface area contributed by atoms with Crippen molar-refractivity contribution in [2.24, 2.45) is 0 Å². The van der Waals surface area contributed by atoms with Crippen molar-refractivity contribution in [3.8, 4) is 0 Å². The van der Waals surface area contributed by atoms with Gasteiger partial charge in [0.25, 0.3) is 0 Å². The molecule has 1 N–H and O–H groups in total. The van der Waals surface area contributed by atoms with Crippen molar-refractivity contribution in [3.05, 3.63) is 53.6 Å². The molecule has 0 aliphatic heterocycles. The topological polar surface area (TPSA) is 37.3 Å². The predicted molar refractivity (Wildman–Crippen MR) is 77.2 cm³/mol. The van der Waals surface area contributed by atoms with Crippen molar-refractivity contribution < 1.29 is 9.90 Å². The highest BCUT2D eigenvalue weighted by Crippen LogP contribution is 2.43. The van der Waals surface area contributed by atoms with E-state index in [0.717, 1.165) is 16.7 Å². The van der Waals surface area contributed by atoms with E-state index in [-0.39, 0.29) is 0 Å². The number of halogens is 1. The summed E-state index contributed by atoms with van der Waals surface area (Å²) in [5.41, 5.74) is 2.95. The van der Waals surface area contributed by atoms with Gasteiger partial charge in [-0.1, -0.05) is 70.6 Å². The molecule has 0 spiro atoms. The van der Waals surface area contributed by atoms with Gasteiger partial charge >= 0.3 is 5.97 Å². The summed E-state index contributed by atoms with van der Waals surface area (Å²) in [5.74, 6) is -0.777. The Hall–Kier alpha value is -1.10. The lowest BCUT2D eigenvalue weighted by Gasteiger charge is -2.29. The van der Waals surface area contributed by atoms with Crippen molar-refractivity contribution in [3.63, 3.8) is 0 Å². The molecule has 1 unspecified atom stereocenters. The largest absolute Gasteiger partial charge is 0.480 e. The van der Waals surface area contributed by atoms with Crippen LogP contribution in [0.3, 0.4) is 0 Å². The molecule has 1 aromatic carbocycles. The number of alkyl halides is 1. The van der Waals surface area contributed by atoms with E-state index in [2.05, 4.69) is 22.6 Å². The number of benzene rings is 1. The molecule has 0 bridgehead atoms. The normalized spacial score (nSPS) is 23.9. The standard InChI is InChI=1S/C14H13IO2/c1-10-7-8-12(11-5-3-2-4-6-11)14(15,9-10)13(16)17/h2-8H,9H2,1H3,(H,16,17). The maximum Gasteiger partial charge on any atom is 0.324 e. The second-order valence-corrected chi connectivity index (χ2v) is 6.08. The molecule has 0 radical (unpaired) electrons. The fraction of sp³-hybridized carbons (Fsp3) is 0.214. The first-order valence-electron chi connectivity index (χ1n) is 5.40. The Labute approximate surface area is 114 Å². The van der Waals surface area contributed by atoms with E-state index in [1.165, 1.54) is 0 Å². The van der Waals surface area contributed by atoms with Crippen LogP contribution in [0.4, 0.5) is 0 Å². The smallest absolute Gasteiger partial charge is 0.324 e.